The minimum Gasteiger partial charge on any atom is -0.543 e. The summed E-state index contributed by atoms with van der Waals surface area (Å²) in [6, 6.07) is 6.20. The van der Waals surface area contributed by atoms with Gasteiger partial charge in [0.05, 0.1) is 13.7 Å². The van der Waals surface area contributed by atoms with Crippen LogP contribution in [0.1, 0.15) is 86.6 Å². The number of carbonyl (C=O) groups is 1. The van der Waals surface area contributed by atoms with Gasteiger partial charge in [0.15, 0.2) is 0 Å². The molecule has 0 aliphatic rings. The highest BCUT2D eigenvalue weighted by atomic mass is 28.4. The molecular formula is C35H60O5Si2. The van der Waals surface area contributed by atoms with Crippen LogP contribution in [-0.2, 0) is 20.7 Å². The summed E-state index contributed by atoms with van der Waals surface area (Å²) >= 11 is 0. The van der Waals surface area contributed by atoms with Crippen LogP contribution in [-0.4, -0.2) is 43.4 Å². The third-order valence-corrected chi connectivity index (χ3v) is 17.4. The standard InChI is InChI=1S/C35H60O5Si2/c1-27(17-15-19-28(2)26-37-9)18-16-20-29(33(36)38-10)21-22-30-25-31(39-41(11,12)34(3,4)5)23-24-32(30)40-42(13,14)35(6,7)8/h18-19,21,23-25H,15-17,20,22,26H2,1-14H3/b27-18+,28-19+,29-21?. The molecule has 7 heteroatoms. The number of hydrogen-bond acceptors (Lipinski definition) is 5. The predicted molar refractivity (Wildman–Crippen MR) is 184 cm³/mol. The lowest BCUT2D eigenvalue weighted by Gasteiger charge is -2.38. The van der Waals surface area contributed by atoms with Crippen molar-refractivity contribution in [3.05, 3.63) is 58.7 Å². The Morgan fingerprint density at radius 3 is 1.88 bits per heavy atom. The van der Waals surface area contributed by atoms with E-state index >= 15 is 0 Å². The molecule has 238 valence electrons. The maximum absolute atomic E-state index is 12.8. The molecule has 42 heavy (non-hydrogen) atoms. The minimum atomic E-state index is -2.08. The van der Waals surface area contributed by atoms with Crippen LogP contribution >= 0.6 is 0 Å². The summed E-state index contributed by atoms with van der Waals surface area (Å²) in [4.78, 5) is 12.8. The SMILES string of the molecule is COC/C(C)=C/CC/C(C)=C/CCC(=CCc1cc(O[Si](C)(C)C(C)(C)C)ccc1O[Si](C)(C)C(C)(C)C)C(=O)OC. The average molecular weight is 617 g/mol. The van der Waals surface area contributed by atoms with Gasteiger partial charge in [-0.3, -0.25) is 0 Å². The molecule has 0 spiro atoms. The van der Waals surface area contributed by atoms with E-state index in [0.717, 1.165) is 36.3 Å². The van der Waals surface area contributed by atoms with Crippen molar-refractivity contribution in [1.82, 2.24) is 0 Å². The number of esters is 1. The number of hydrogen-bond donors (Lipinski definition) is 0. The highest BCUT2D eigenvalue weighted by Gasteiger charge is 2.40. The number of allylic oxidation sites excluding steroid dienone is 4. The van der Waals surface area contributed by atoms with E-state index in [1.165, 1.54) is 18.3 Å². The quantitative estimate of drug-likeness (QED) is 0.0849. The first-order chi connectivity index (χ1) is 19.2. The highest BCUT2D eigenvalue weighted by Crippen LogP contribution is 2.41. The molecule has 0 unspecified atom stereocenters. The molecule has 1 aromatic carbocycles. The number of benzene rings is 1. The smallest absolute Gasteiger partial charge is 0.333 e. The summed E-state index contributed by atoms with van der Waals surface area (Å²) in [5, 5.41) is 0.155. The number of methoxy groups -OCH3 is 2. The van der Waals surface area contributed by atoms with Gasteiger partial charge in [0, 0.05) is 18.2 Å². The van der Waals surface area contributed by atoms with Crippen molar-refractivity contribution < 1.29 is 23.1 Å². The van der Waals surface area contributed by atoms with Crippen molar-refractivity contribution in [2.24, 2.45) is 0 Å². The summed E-state index contributed by atoms with van der Waals surface area (Å²) in [7, 11) is -0.925. The van der Waals surface area contributed by atoms with Crippen LogP contribution in [0.5, 0.6) is 11.5 Å². The Hall–Kier alpha value is -2.10. The van der Waals surface area contributed by atoms with Crippen LogP contribution in [0.15, 0.2) is 53.1 Å². The van der Waals surface area contributed by atoms with Crippen molar-refractivity contribution in [3.8, 4) is 11.5 Å². The zero-order valence-electron chi connectivity index (χ0n) is 29.2. The van der Waals surface area contributed by atoms with Gasteiger partial charge < -0.3 is 18.3 Å². The Balaban J connectivity index is 3.27. The number of ether oxygens (including phenoxy) is 2. The molecule has 0 heterocycles. The monoisotopic (exact) mass is 616 g/mol. The van der Waals surface area contributed by atoms with Crippen molar-refractivity contribution >= 4 is 22.6 Å². The molecule has 0 bridgehead atoms. The van der Waals surface area contributed by atoms with Crippen LogP contribution in [0.2, 0.25) is 36.3 Å². The lowest BCUT2D eigenvalue weighted by molar-refractivity contribution is -0.136. The highest BCUT2D eigenvalue weighted by molar-refractivity contribution is 6.75. The average Bonchev–Trinajstić information content (AvgIpc) is 2.85. The van der Waals surface area contributed by atoms with Gasteiger partial charge in [-0.15, -0.1) is 0 Å². The molecule has 0 saturated heterocycles. The van der Waals surface area contributed by atoms with E-state index in [-0.39, 0.29) is 16.0 Å². The maximum atomic E-state index is 12.8. The normalized spacial score (nSPS) is 14.2. The minimum absolute atomic E-state index is 0.0655. The lowest BCUT2D eigenvalue weighted by Crippen LogP contribution is -2.44. The van der Waals surface area contributed by atoms with Crippen molar-refractivity contribution in [1.29, 1.82) is 0 Å². The third kappa shape index (κ3) is 12.3. The van der Waals surface area contributed by atoms with E-state index in [4.69, 9.17) is 18.3 Å². The van der Waals surface area contributed by atoms with Crippen LogP contribution in [0.3, 0.4) is 0 Å². The summed E-state index contributed by atoms with van der Waals surface area (Å²) in [5.74, 6) is 1.46. The van der Waals surface area contributed by atoms with Gasteiger partial charge in [0.2, 0.25) is 16.6 Å². The fourth-order valence-electron chi connectivity index (χ4n) is 3.81. The van der Waals surface area contributed by atoms with E-state index in [2.05, 4.69) is 106 Å². The van der Waals surface area contributed by atoms with Gasteiger partial charge in [0.25, 0.3) is 0 Å². The van der Waals surface area contributed by atoms with Gasteiger partial charge in [-0.25, -0.2) is 4.79 Å². The summed E-state index contributed by atoms with van der Waals surface area (Å²) in [6.45, 7) is 27.4. The molecule has 5 nitrogen and oxygen atoms in total. The van der Waals surface area contributed by atoms with E-state index < -0.39 is 16.6 Å². The topological polar surface area (TPSA) is 54.0 Å². The fourth-order valence-corrected chi connectivity index (χ4v) is 5.89. The Bertz CT molecular complexity index is 1120. The third-order valence-electron chi connectivity index (χ3n) is 8.71. The summed E-state index contributed by atoms with van der Waals surface area (Å²) < 4.78 is 23.8. The van der Waals surface area contributed by atoms with Gasteiger partial charge in [-0.05, 0) is 100 Å². The maximum Gasteiger partial charge on any atom is 0.333 e. The Morgan fingerprint density at radius 2 is 1.33 bits per heavy atom. The van der Waals surface area contributed by atoms with E-state index in [1.54, 1.807) is 7.11 Å². The molecule has 0 aliphatic heterocycles. The molecule has 0 aliphatic carbocycles. The largest absolute Gasteiger partial charge is 0.543 e. The van der Waals surface area contributed by atoms with Gasteiger partial charge in [-0.1, -0.05) is 70.9 Å². The van der Waals surface area contributed by atoms with Crippen LogP contribution in [0.25, 0.3) is 0 Å². The first kappa shape index (κ1) is 37.9. The summed E-state index contributed by atoms with van der Waals surface area (Å²) in [5.41, 5.74) is 4.28. The fraction of sp³-hybridized carbons (Fsp3) is 0.629. The molecule has 0 saturated carbocycles. The van der Waals surface area contributed by atoms with Crippen LogP contribution in [0.4, 0.5) is 0 Å². The number of rotatable bonds is 15. The van der Waals surface area contributed by atoms with Crippen molar-refractivity contribution in [2.45, 2.75) is 124 Å². The van der Waals surface area contributed by atoms with Gasteiger partial charge >= 0.3 is 5.97 Å². The summed E-state index contributed by atoms with van der Waals surface area (Å²) in [6.07, 6.45) is 10.4. The first-order valence-corrected chi connectivity index (χ1v) is 21.1. The van der Waals surface area contributed by atoms with Gasteiger partial charge in [0.1, 0.15) is 11.5 Å². The van der Waals surface area contributed by atoms with E-state index in [1.807, 2.05) is 12.1 Å². The molecule has 0 aromatic heterocycles. The molecule has 0 atom stereocenters. The zero-order valence-corrected chi connectivity index (χ0v) is 31.2. The molecular weight excluding hydrogens is 557 g/mol. The molecule has 0 N–H and O–H groups in total. The Kier molecular flexibility index (Phi) is 14.5. The second-order valence-electron chi connectivity index (χ2n) is 14.5. The molecule has 1 rings (SSSR count). The second kappa shape index (κ2) is 16.1. The molecule has 0 amide bonds. The van der Waals surface area contributed by atoms with Crippen molar-refractivity contribution in [3.63, 3.8) is 0 Å². The van der Waals surface area contributed by atoms with Crippen molar-refractivity contribution in [2.75, 3.05) is 20.8 Å². The zero-order chi connectivity index (χ0) is 32.4. The Labute approximate surface area is 260 Å². The molecule has 0 fully saturated rings. The van der Waals surface area contributed by atoms with Gasteiger partial charge in [-0.2, -0.15) is 0 Å². The molecule has 1 aromatic rings. The first-order valence-electron chi connectivity index (χ1n) is 15.3. The predicted octanol–water partition coefficient (Wildman–Crippen LogP) is 10.2. The van der Waals surface area contributed by atoms with E-state index in [0.29, 0.717) is 25.0 Å². The number of carbonyl (C=O) groups excluding carboxylic acids is 1. The lowest BCUT2D eigenvalue weighted by atomic mass is 10.0. The Morgan fingerprint density at radius 1 is 0.786 bits per heavy atom. The second-order valence-corrected chi connectivity index (χ2v) is 24.0. The van der Waals surface area contributed by atoms with E-state index in [9.17, 15) is 4.79 Å². The van der Waals surface area contributed by atoms with Crippen LogP contribution in [0, 0.1) is 0 Å². The van der Waals surface area contributed by atoms with Crippen LogP contribution < -0.4 is 8.85 Å². The molecule has 0 radical (unpaired) electrons.